The van der Waals surface area contributed by atoms with Gasteiger partial charge in [0.05, 0.1) is 30.3 Å². The molecule has 2 heterocycles. The van der Waals surface area contributed by atoms with Crippen molar-refractivity contribution in [2.45, 2.75) is 12.6 Å². The van der Waals surface area contributed by atoms with Crippen molar-refractivity contribution in [3.63, 3.8) is 0 Å². The van der Waals surface area contributed by atoms with Crippen LogP contribution in [0.25, 0.3) is 22.3 Å². The van der Waals surface area contributed by atoms with Crippen molar-refractivity contribution in [1.82, 2.24) is 15.0 Å². The molecule has 0 aliphatic heterocycles. The molecule has 6 heteroatoms. The van der Waals surface area contributed by atoms with Crippen molar-refractivity contribution >= 4 is 10.9 Å². The SMILES string of the molecule is FC(F)(F)Cc1c(-c2cnc[nH]2)[nH]c2ccccc12. The molecule has 1 aromatic carbocycles. The highest BCUT2D eigenvalue weighted by Crippen LogP contribution is 2.33. The Balaban J connectivity index is 2.23. The average Bonchev–Trinajstić information content (AvgIpc) is 2.95. The predicted octanol–water partition coefficient (Wildman–Crippen LogP) is 3.66. The first-order valence-corrected chi connectivity index (χ1v) is 5.70. The van der Waals surface area contributed by atoms with Crippen molar-refractivity contribution in [2.75, 3.05) is 0 Å². The average molecular weight is 265 g/mol. The summed E-state index contributed by atoms with van der Waals surface area (Å²) in [5, 5.41) is 0.587. The monoisotopic (exact) mass is 265 g/mol. The summed E-state index contributed by atoms with van der Waals surface area (Å²) in [6.45, 7) is 0. The normalized spacial score (nSPS) is 12.2. The fourth-order valence-electron chi connectivity index (χ4n) is 2.21. The Morgan fingerprint density at radius 3 is 2.63 bits per heavy atom. The van der Waals surface area contributed by atoms with Gasteiger partial charge in [-0.2, -0.15) is 13.2 Å². The zero-order chi connectivity index (χ0) is 13.5. The van der Waals surface area contributed by atoms with E-state index in [0.717, 1.165) is 0 Å². The Kier molecular flexibility index (Phi) is 2.58. The van der Waals surface area contributed by atoms with Gasteiger partial charge in [0.25, 0.3) is 0 Å². The van der Waals surface area contributed by atoms with Gasteiger partial charge in [0.2, 0.25) is 0 Å². The molecule has 0 amide bonds. The molecule has 0 saturated heterocycles. The largest absolute Gasteiger partial charge is 0.393 e. The molecule has 0 fully saturated rings. The fraction of sp³-hybridized carbons (Fsp3) is 0.154. The van der Waals surface area contributed by atoms with Gasteiger partial charge in [-0.3, -0.25) is 0 Å². The number of halogens is 3. The van der Waals surface area contributed by atoms with Crippen LogP contribution >= 0.6 is 0 Å². The minimum absolute atomic E-state index is 0.243. The number of aromatic nitrogens is 3. The number of benzene rings is 1. The summed E-state index contributed by atoms with van der Waals surface area (Å²) in [7, 11) is 0. The molecule has 0 bridgehead atoms. The molecule has 98 valence electrons. The van der Waals surface area contributed by atoms with E-state index in [1.54, 1.807) is 24.3 Å². The van der Waals surface area contributed by atoms with Crippen LogP contribution in [0.15, 0.2) is 36.8 Å². The maximum Gasteiger partial charge on any atom is 0.393 e. The van der Waals surface area contributed by atoms with Gasteiger partial charge in [0.1, 0.15) is 0 Å². The Bertz CT molecular complexity index is 696. The molecule has 3 rings (SSSR count). The van der Waals surface area contributed by atoms with Gasteiger partial charge in [-0.05, 0) is 11.6 Å². The molecular weight excluding hydrogens is 255 g/mol. The highest BCUT2D eigenvalue weighted by Gasteiger charge is 2.31. The van der Waals surface area contributed by atoms with Crippen LogP contribution in [0.1, 0.15) is 5.56 Å². The molecule has 0 aliphatic carbocycles. The van der Waals surface area contributed by atoms with E-state index < -0.39 is 12.6 Å². The third-order valence-corrected chi connectivity index (χ3v) is 2.96. The first kappa shape index (κ1) is 11.8. The fourth-order valence-corrected chi connectivity index (χ4v) is 2.21. The quantitative estimate of drug-likeness (QED) is 0.729. The maximum atomic E-state index is 12.7. The minimum Gasteiger partial charge on any atom is -0.353 e. The molecule has 3 aromatic rings. The Morgan fingerprint density at radius 1 is 1.16 bits per heavy atom. The van der Waals surface area contributed by atoms with E-state index in [1.165, 1.54) is 12.5 Å². The number of nitrogens with one attached hydrogen (secondary N) is 2. The number of alkyl halides is 3. The highest BCUT2D eigenvalue weighted by atomic mass is 19.4. The van der Waals surface area contributed by atoms with Gasteiger partial charge in [0.15, 0.2) is 0 Å². The second kappa shape index (κ2) is 4.15. The van der Waals surface area contributed by atoms with E-state index in [4.69, 9.17) is 0 Å². The lowest BCUT2D eigenvalue weighted by Gasteiger charge is -2.07. The second-order valence-electron chi connectivity index (χ2n) is 4.28. The molecule has 2 N–H and O–H groups in total. The second-order valence-corrected chi connectivity index (χ2v) is 4.28. The van der Waals surface area contributed by atoms with Gasteiger partial charge in [-0.25, -0.2) is 4.98 Å². The van der Waals surface area contributed by atoms with E-state index in [0.29, 0.717) is 22.3 Å². The van der Waals surface area contributed by atoms with Crippen molar-refractivity contribution in [3.05, 3.63) is 42.4 Å². The molecule has 0 unspecified atom stereocenters. The molecule has 0 aliphatic rings. The Hall–Kier alpha value is -2.24. The molecule has 3 nitrogen and oxygen atoms in total. The van der Waals surface area contributed by atoms with E-state index in [1.807, 2.05) is 0 Å². The number of aromatic amines is 2. The van der Waals surface area contributed by atoms with Crippen LogP contribution in [0, 0.1) is 0 Å². The van der Waals surface area contributed by atoms with E-state index in [9.17, 15) is 13.2 Å². The van der Waals surface area contributed by atoms with Crippen LogP contribution < -0.4 is 0 Å². The first-order chi connectivity index (χ1) is 9.04. The summed E-state index contributed by atoms with van der Waals surface area (Å²) in [6, 6.07) is 6.96. The van der Waals surface area contributed by atoms with Gasteiger partial charge >= 0.3 is 6.18 Å². The number of nitrogens with zero attached hydrogens (tertiary/aromatic N) is 1. The summed E-state index contributed by atoms with van der Waals surface area (Å²) in [6.07, 6.45) is -2.27. The van der Waals surface area contributed by atoms with E-state index in [2.05, 4.69) is 15.0 Å². The van der Waals surface area contributed by atoms with Crippen LogP contribution in [0.5, 0.6) is 0 Å². The van der Waals surface area contributed by atoms with Crippen molar-refractivity contribution < 1.29 is 13.2 Å². The third-order valence-electron chi connectivity index (χ3n) is 2.96. The van der Waals surface area contributed by atoms with Gasteiger partial charge in [-0.1, -0.05) is 18.2 Å². The smallest absolute Gasteiger partial charge is 0.353 e. The van der Waals surface area contributed by atoms with Gasteiger partial charge < -0.3 is 9.97 Å². The standard InChI is InChI=1S/C13H10F3N3/c14-13(15,16)5-9-8-3-1-2-4-10(8)19-12(9)11-6-17-7-18-11/h1-4,6-7,19H,5H2,(H,17,18). The van der Waals surface area contributed by atoms with Crippen molar-refractivity contribution in [1.29, 1.82) is 0 Å². The number of para-hydroxylation sites is 1. The number of hydrogen-bond acceptors (Lipinski definition) is 1. The zero-order valence-electron chi connectivity index (χ0n) is 9.75. The summed E-state index contributed by atoms with van der Waals surface area (Å²) in [5.41, 5.74) is 1.92. The molecule has 2 aromatic heterocycles. The summed E-state index contributed by atoms with van der Waals surface area (Å²) < 4.78 is 38.2. The Morgan fingerprint density at radius 2 is 1.95 bits per heavy atom. The van der Waals surface area contributed by atoms with E-state index in [-0.39, 0.29) is 5.56 Å². The van der Waals surface area contributed by atoms with Crippen molar-refractivity contribution in [3.8, 4) is 11.4 Å². The molecule has 0 spiro atoms. The molecule has 0 saturated carbocycles. The zero-order valence-corrected chi connectivity index (χ0v) is 9.75. The van der Waals surface area contributed by atoms with Crippen LogP contribution in [0.3, 0.4) is 0 Å². The number of fused-ring (bicyclic) bond motifs is 1. The van der Waals surface area contributed by atoms with Gasteiger partial charge in [-0.15, -0.1) is 0 Å². The minimum atomic E-state index is -4.25. The Labute approximate surface area is 106 Å². The number of imidazole rings is 1. The number of rotatable bonds is 2. The first-order valence-electron chi connectivity index (χ1n) is 5.70. The predicted molar refractivity (Wildman–Crippen MR) is 65.6 cm³/mol. The lowest BCUT2D eigenvalue weighted by atomic mass is 10.1. The van der Waals surface area contributed by atoms with E-state index >= 15 is 0 Å². The molecular formula is C13H10F3N3. The van der Waals surface area contributed by atoms with Crippen LogP contribution in [-0.4, -0.2) is 21.1 Å². The van der Waals surface area contributed by atoms with Crippen LogP contribution in [-0.2, 0) is 6.42 Å². The molecule has 0 radical (unpaired) electrons. The number of hydrogen-bond donors (Lipinski definition) is 2. The summed E-state index contributed by atoms with van der Waals surface area (Å²) in [4.78, 5) is 9.70. The summed E-state index contributed by atoms with van der Waals surface area (Å²) >= 11 is 0. The lowest BCUT2D eigenvalue weighted by Crippen LogP contribution is -2.12. The van der Waals surface area contributed by atoms with Crippen molar-refractivity contribution in [2.24, 2.45) is 0 Å². The van der Waals surface area contributed by atoms with Gasteiger partial charge in [0, 0.05) is 10.9 Å². The van der Waals surface area contributed by atoms with Crippen LogP contribution in [0.2, 0.25) is 0 Å². The third kappa shape index (κ3) is 2.21. The topological polar surface area (TPSA) is 44.5 Å². The van der Waals surface area contributed by atoms with Crippen LogP contribution in [0.4, 0.5) is 13.2 Å². The molecule has 0 atom stereocenters. The highest BCUT2D eigenvalue weighted by molar-refractivity contribution is 5.90. The molecule has 19 heavy (non-hydrogen) atoms. The lowest BCUT2D eigenvalue weighted by molar-refractivity contribution is -0.126. The maximum absolute atomic E-state index is 12.7. The number of H-pyrrole nitrogens is 2. The summed E-state index contributed by atoms with van der Waals surface area (Å²) in [5.74, 6) is 0.